The molecule has 0 unspecified atom stereocenters. The third-order valence-corrected chi connectivity index (χ3v) is 6.09. The Morgan fingerprint density at radius 3 is 2.63 bits per heavy atom. The highest BCUT2D eigenvalue weighted by Gasteiger charge is 2.25. The lowest BCUT2D eigenvalue weighted by atomic mass is 10.0. The van der Waals surface area contributed by atoms with Crippen molar-refractivity contribution in [2.75, 3.05) is 13.1 Å². The molecule has 8 heteroatoms. The van der Waals surface area contributed by atoms with Crippen molar-refractivity contribution in [1.29, 1.82) is 0 Å². The highest BCUT2D eigenvalue weighted by Crippen LogP contribution is 2.30. The van der Waals surface area contributed by atoms with E-state index in [0.29, 0.717) is 27.7 Å². The fourth-order valence-corrected chi connectivity index (χ4v) is 4.60. The van der Waals surface area contributed by atoms with E-state index in [1.807, 2.05) is 6.07 Å². The van der Waals surface area contributed by atoms with Crippen LogP contribution in [0.1, 0.15) is 24.4 Å². The first-order valence-electron chi connectivity index (χ1n) is 8.68. The second-order valence-electron chi connectivity index (χ2n) is 6.82. The number of aromatic nitrogens is 2. The standard InChI is InChI=1S/C19H17BrCl2FN3O/c20-12-2-1-11(16(23)7-12)10-25-5-3-14(4-6-25)26-17-9-13(21)8-15(22)18(17)24-19(26)27/h1-2,7-9,14H,3-6,10H2,(H,24,27). The van der Waals surface area contributed by atoms with Gasteiger partial charge in [-0.05, 0) is 37.1 Å². The van der Waals surface area contributed by atoms with E-state index in [9.17, 15) is 9.18 Å². The van der Waals surface area contributed by atoms with Gasteiger partial charge in [0.05, 0.1) is 16.1 Å². The topological polar surface area (TPSA) is 41.0 Å². The SMILES string of the molecule is O=c1[nH]c2c(Cl)cc(Cl)cc2n1C1CCN(Cc2ccc(Br)cc2F)CC1. The van der Waals surface area contributed by atoms with E-state index >= 15 is 0 Å². The van der Waals surface area contributed by atoms with E-state index in [1.54, 1.807) is 22.8 Å². The van der Waals surface area contributed by atoms with Crippen LogP contribution in [-0.2, 0) is 6.54 Å². The molecule has 4 nitrogen and oxygen atoms in total. The zero-order valence-electron chi connectivity index (χ0n) is 14.3. The van der Waals surface area contributed by atoms with Gasteiger partial charge in [0, 0.05) is 40.7 Å². The van der Waals surface area contributed by atoms with Crippen LogP contribution in [0.15, 0.2) is 39.6 Å². The number of aromatic amines is 1. The third-order valence-electron chi connectivity index (χ3n) is 5.08. The number of imidazole rings is 1. The average Bonchev–Trinajstić information content (AvgIpc) is 2.94. The highest BCUT2D eigenvalue weighted by atomic mass is 79.9. The van der Waals surface area contributed by atoms with Crippen molar-refractivity contribution in [3.8, 4) is 0 Å². The molecular weight excluding hydrogens is 456 g/mol. The first-order valence-corrected chi connectivity index (χ1v) is 10.2. The zero-order valence-corrected chi connectivity index (χ0v) is 17.4. The molecule has 0 amide bonds. The molecule has 0 atom stereocenters. The second-order valence-corrected chi connectivity index (χ2v) is 8.58. The van der Waals surface area contributed by atoms with E-state index in [4.69, 9.17) is 23.2 Å². The predicted octanol–water partition coefficient (Wildman–Crippen LogP) is 5.38. The molecule has 1 saturated heterocycles. The van der Waals surface area contributed by atoms with Gasteiger partial charge in [0.25, 0.3) is 0 Å². The van der Waals surface area contributed by atoms with E-state index in [2.05, 4.69) is 25.8 Å². The molecule has 27 heavy (non-hydrogen) atoms. The van der Waals surface area contributed by atoms with Crippen molar-refractivity contribution in [1.82, 2.24) is 14.5 Å². The Kier molecular flexibility index (Phi) is 5.34. The van der Waals surface area contributed by atoms with Gasteiger partial charge in [-0.2, -0.15) is 0 Å². The summed E-state index contributed by atoms with van der Waals surface area (Å²) in [5.74, 6) is -0.205. The Balaban J connectivity index is 1.52. The number of nitrogens with zero attached hydrogens (tertiary/aromatic N) is 2. The maximum absolute atomic E-state index is 14.1. The molecule has 0 saturated carbocycles. The van der Waals surface area contributed by atoms with Crippen LogP contribution in [0.3, 0.4) is 0 Å². The van der Waals surface area contributed by atoms with Crippen molar-refractivity contribution >= 4 is 50.2 Å². The van der Waals surface area contributed by atoms with E-state index < -0.39 is 0 Å². The molecule has 0 spiro atoms. The first-order chi connectivity index (χ1) is 12.9. The van der Waals surface area contributed by atoms with Gasteiger partial charge in [-0.15, -0.1) is 0 Å². The van der Waals surface area contributed by atoms with Gasteiger partial charge < -0.3 is 4.98 Å². The monoisotopic (exact) mass is 471 g/mol. The van der Waals surface area contributed by atoms with Gasteiger partial charge in [0.2, 0.25) is 0 Å². The average molecular weight is 473 g/mol. The molecule has 2 heterocycles. The molecule has 2 aromatic carbocycles. The fourth-order valence-electron chi connectivity index (χ4n) is 3.74. The van der Waals surface area contributed by atoms with Crippen LogP contribution in [0.25, 0.3) is 11.0 Å². The fraction of sp³-hybridized carbons (Fsp3) is 0.316. The minimum Gasteiger partial charge on any atom is -0.304 e. The van der Waals surface area contributed by atoms with Gasteiger partial charge in [-0.1, -0.05) is 45.2 Å². The van der Waals surface area contributed by atoms with Crippen LogP contribution in [0.4, 0.5) is 4.39 Å². The Morgan fingerprint density at radius 2 is 1.93 bits per heavy atom. The quantitative estimate of drug-likeness (QED) is 0.556. The number of hydrogen-bond donors (Lipinski definition) is 1. The number of hydrogen-bond acceptors (Lipinski definition) is 2. The molecule has 1 aromatic heterocycles. The first kappa shape index (κ1) is 19.0. The molecule has 4 rings (SSSR count). The Bertz CT molecular complexity index is 1060. The van der Waals surface area contributed by atoms with Crippen LogP contribution >= 0.6 is 39.1 Å². The van der Waals surface area contributed by atoms with E-state index in [-0.39, 0.29) is 17.5 Å². The number of nitrogens with one attached hydrogen (secondary N) is 1. The van der Waals surface area contributed by atoms with Gasteiger partial charge >= 0.3 is 5.69 Å². The molecule has 0 bridgehead atoms. The highest BCUT2D eigenvalue weighted by molar-refractivity contribution is 9.10. The van der Waals surface area contributed by atoms with Crippen LogP contribution in [-0.4, -0.2) is 27.5 Å². The Morgan fingerprint density at radius 1 is 1.19 bits per heavy atom. The van der Waals surface area contributed by atoms with Crippen molar-refractivity contribution in [2.24, 2.45) is 0 Å². The van der Waals surface area contributed by atoms with Crippen LogP contribution in [0.5, 0.6) is 0 Å². The summed E-state index contributed by atoms with van der Waals surface area (Å²) < 4.78 is 16.6. The lowest BCUT2D eigenvalue weighted by molar-refractivity contribution is 0.178. The van der Waals surface area contributed by atoms with Crippen molar-refractivity contribution in [2.45, 2.75) is 25.4 Å². The van der Waals surface area contributed by atoms with Crippen molar-refractivity contribution in [3.05, 3.63) is 66.7 Å². The summed E-state index contributed by atoms with van der Waals surface area (Å²) in [7, 11) is 0. The molecule has 0 radical (unpaired) electrons. The lowest BCUT2D eigenvalue weighted by Crippen LogP contribution is -2.36. The summed E-state index contributed by atoms with van der Waals surface area (Å²) in [6.45, 7) is 2.13. The molecule has 1 fully saturated rings. The van der Waals surface area contributed by atoms with Crippen molar-refractivity contribution < 1.29 is 4.39 Å². The lowest BCUT2D eigenvalue weighted by Gasteiger charge is -2.32. The zero-order chi connectivity index (χ0) is 19.1. The third kappa shape index (κ3) is 3.81. The van der Waals surface area contributed by atoms with Gasteiger partial charge in [0.15, 0.2) is 0 Å². The van der Waals surface area contributed by atoms with E-state index in [1.165, 1.54) is 6.07 Å². The number of likely N-dealkylation sites (tertiary alicyclic amines) is 1. The summed E-state index contributed by atoms with van der Waals surface area (Å²) in [5.41, 5.74) is 1.85. The normalized spacial score (nSPS) is 16.3. The predicted molar refractivity (Wildman–Crippen MR) is 110 cm³/mol. The molecule has 1 aliphatic rings. The largest absolute Gasteiger partial charge is 0.326 e. The van der Waals surface area contributed by atoms with Gasteiger partial charge in [-0.25, -0.2) is 9.18 Å². The number of rotatable bonds is 3. The summed E-state index contributed by atoms with van der Waals surface area (Å²) in [6.07, 6.45) is 1.60. The van der Waals surface area contributed by atoms with E-state index in [0.717, 1.165) is 35.9 Å². The summed E-state index contributed by atoms with van der Waals surface area (Å²) >= 11 is 15.6. The molecule has 3 aromatic rings. The van der Waals surface area contributed by atoms with Crippen molar-refractivity contribution in [3.63, 3.8) is 0 Å². The summed E-state index contributed by atoms with van der Waals surface area (Å²) in [6, 6.07) is 8.60. The van der Waals surface area contributed by atoms with Gasteiger partial charge in [-0.3, -0.25) is 9.47 Å². The Labute approximate surface area is 174 Å². The molecule has 1 aliphatic heterocycles. The molecule has 142 valence electrons. The number of piperidine rings is 1. The minimum absolute atomic E-state index is 0.0619. The number of benzene rings is 2. The maximum Gasteiger partial charge on any atom is 0.326 e. The number of halogens is 4. The van der Waals surface area contributed by atoms with Crippen LogP contribution in [0, 0.1) is 5.82 Å². The van der Waals surface area contributed by atoms with Crippen LogP contribution < -0.4 is 5.69 Å². The smallest absolute Gasteiger partial charge is 0.304 e. The molecule has 0 aliphatic carbocycles. The second kappa shape index (κ2) is 7.59. The number of H-pyrrole nitrogens is 1. The Hall–Kier alpha value is -1.34. The summed E-state index contributed by atoms with van der Waals surface area (Å²) in [4.78, 5) is 17.5. The summed E-state index contributed by atoms with van der Waals surface area (Å²) in [5, 5.41) is 0.944. The molecule has 1 N–H and O–H groups in total. The van der Waals surface area contributed by atoms with Gasteiger partial charge in [0.1, 0.15) is 5.82 Å². The number of fused-ring (bicyclic) bond motifs is 1. The molecular formula is C19H17BrCl2FN3O. The van der Waals surface area contributed by atoms with Crippen LogP contribution in [0.2, 0.25) is 10.0 Å². The minimum atomic E-state index is -0.205. The maximum atomic E-state index is 14.1.